The van der Waals surface area contributed by atoms with E-state index in [1.807, 2.05) is 0 Å². The Hall–Kier alpha value is -2.70. The summed E-state index contributed by atoms with van der Waals surface area (Å²) >= 11 is 0.996. The van der Waals surface area contributed by atoms with Crippen molar-refractivity contribution >= 4 is 42.4 Å². The van der Waals surface area contributed by atoms with E-state index >= 15 is 0 Å². The summed E-state index contributed by atoms with van der Waals surface area (Å²) in [4.78, 5) is 18.2. The highest BCUT2D eigenvalue weighted by Gasteiger charge is 2.36. The molecular formula is C24H26F3N3O4S2. The molecule has 2 heterocycles. The second-order valence-corrected chi connectivity index (χ2v) is 12.4. The number of carbonyl (C=O) groups is 1. The number of carbonyl (C=O) groups excluding carboxylic acids is 1. The summed E-state index contributed by atoms with van der Waals surface area (Å²) in [7, 11) is -3.96. The Bertz CT molecular complexity index is 1380. The fraction of sp³-hybridized carbons (Fsp3) is 0.417. The predicted molar refractivity (Wildman–Crippen MR) is 131 cm³/mol. The maximum absolute atomic E-state index is 14.0. The summed E-state index contributed by atoms with van der Waals surface area (Å²) in [6.07, 6.45) is -0.0472. The van der Waals surface area contributed by atoms with Crippen molar-refractivity contribution in [2.45, 2.75) is 54.8 Å². The Balaban J connectivity index is 1.42. The molecule has 3 N–H and O–H groups in total. The monoisotopic (exact) mass is 541 g/mol. The lowest BCUT2D eigenvalue weighted by Gasteiger charge is -2.38. The van der Waals surface area contributed by atoms with E-state index in [0.717, 1.165) is 24.3 Å². The van der Waals surface area contributed by atoms with Gasteiger partial charge in [0.15, 0.2) is 15.0 Å². The third kappa shape index (κ3) is 5.98. The minimum absolute atomic E-state index is 0.0349. The number of anilines is 1. The molecule has 1 saturated heterocycles. The van der Waals surface area contributed by atoms with E-state index in [4.69, 9.17) is 5.73 Å². The Morgan fingerprint density at radius 2 is 1.86 bits per heavy atom. The molecule has 12 heteroatoms. The normalized spacial score (nSPS) is 16.4. The summed E-state index contributed by atoms with van der Waals surface area (Å²) in [5, 5.41) is 10.7. The number of nitrogens with zero attached hydrogens (tertiary/aromatic N) is 2. The first-order valence-corrected chi connectivity index (χ1v) is 13.8. The molecule has 1 aliphatic heterocycles. The van der Waals surface area contributed by atoms with Gasteiger partial charge in [-0.15, -0.1) is 0 Å². The zero-order chi connectivity index (χ0) is 26.3. The number of nitrogen functional groups attached to an aromatic ring is 1. The van der Waals surface area contributed by atoms with Crippen LogP contribution in [0.15, 0.2) is 41.3 Å². The smallest absolute Gasteiger partial charge is 0.253 e. The lowest BCUT2D eigenvalue weighted by atomic mass is 9.86. The summed E-state index contributed by atoms with van der Waals surface area (Å²) < 4.78 is 66.7. The number of aromatic nitrogens is 1. The van der Waals surface area contributed by atoms with E-state index in [0.29, 0.717) is 15.8 Å². The lowest BCUT2D eigenvalue weighted by molar-refractivity contribution is -0.0570. The summed E-state index contributed by atoms with van der Waals surface area (Å²) in [6.45, 7) is 1.28. The molecule has 1 fully saturated rings. The van der Waals surface area contributed by atoms with E-state index < -0.39 is 39.4 Å². The summed E-state index contributed by atoms with van der Waals surface area (Å²) in [5.74, 6) is -4.28. The van der Waals surface area contributed by atoms with Crippen LogP contribution in [-0.2, 0) is 15.6 Å². The number of likely N-dealkylation sites (tertiary alicyclic amines) is 1. The molecule has 36 heavy (non-hydrogen) atoms. The van der Waals surface area contributed by atoms with E-state index in [1.54, 1.807) is 4.90 Å². The number of thiazole rings is 1. The van der Waals surface area contributed by atoms with Crippen molar-refractivity contribution in [2.75, 3.05) is 18.8 Å². The third-order valence-corrected chi connectivity index (χ3v) is 8.87. The highest BCUT2D eigenvalue weighted by molar-refractivity contribution is 7.90. The first-order valence-electron chi connectivity index (χ1n) is 11.3. The molecule has 0 radical (unpaired) electrons. The van der Waals surface area contributed by atoms with Gasteiger partial charge in [-0.1, -0.05) is 23.5 Å². The number of piperidine rings is 1. The number of fused-ring (bicyclic) bond motifs is 1. The summed E-state index contributed by atoms with van der Waals surface area (Å²) in [6, 6.07) is 8.15. The zero-order valence-electron chi connectivity index (χ0n) is 19.5. The van der Waals surface area contributed by atoms with Crippen molar-refractivity contribution < 1.29 is 31.5 Å². The number of sulfone groups is 1. The molecule has 0 aliphatic carbocycles. The molecule has 0 atom stereocenters. The molecule has 0 bridgehead atoms. The van der Waals surface area contributed by atoms with E-state index in [9.17, 15) is 31.5 Å². The molecule has 1 aromatic heterocycles. The van der Waals surface area contributed by atoms with Crippen molar-refractivity contribution in [1.82, 2.24) is 9.88 Å². The number of hydrogen-bond donors (Lipinski definition) is 2. The minimum atomic E-state index is -3.96. The first-order chi connectivity index (χ1) is 16.7. The standard InChI is InChI=1S/C24H26F3N3O4S2/c1-23(26,27)6-7-24(32)8-10-30(11-9-24)21(31)16-4-2-15(3-5-16)14-36(33,34)19-13-17(25)12-18-20(19)29-22(28)35-18/h2-5,12-13,32H,6-11,14H2,1H3,(H2,28,29). The number of halogens is 3. The van der Waals surface area contributed by atoms with Crippen LogP contribution in [0.3, 0.4) is 0 Å². The molecule has 194 valence electrons. The van der Waals surface area contributed by atoms with Gasteiger partial charge >= 0.3 is 0 Å². The SMILES string of the molecule is CC(F)(F)CCC1(O)CCN(C(=O)c2ccc(CS(=O)(=O)c3cc(F)cc4sc(N)nc34)cc2)CC1. The van der Waals surface area contributed by atoms with Gasteiger partial charge in [0.05, 0.1) is 20.9 Å². The molecular weight excluding hydrogens is 515 g/mol. The van der Waals surface area contributed by atoms with Crippen LogP contribution < -0.4 is 5.73 Å². The highest BCUT2D eigenvalue weighted by Crippen LogP contribution is 2.33. The average Bonchev–Trinajstić information content (AvgIpc) is 3.17. The van der Waals surface area contributed by atoms with Gasteiger partial charge in [0.2, 0.25) is 5.92 Å². The van der Waals surface area contributed by atoms with Crippen LogP contribution in [0.1, 0.15) is 48.5 Å². The maximum atomic E-state index is 14.0. The van der Waals surface area contributed by atoms with Crippen LogP contribution in [0, 0.1) is 5.82 Å². The average molecular weight is 542 g/mol. The first kappa shape index (κ1) is 26.4. The van der Waals surface area contributed by atoms with Gasteiger partial charge in [-0.3, -0.25) is 4.79 Å². The number of rotatable bonds is 7. The van der Waals surface area contributed by atoms with Crippen LogP contribution >= 0.6 is 11.3 Å². The Labute approximate surface area is 210 Å². The van der Waals surface area contributed by atoms with Crippen LogP contribution in [0.25, 0.3) is 10.2 Å². The third-order valence-electron chi connectivity index (χ3n) is 6.34. The van der Waals surface area contributed by atoms with Crippen LogP contribution in [-0.4, -0.2) is 53.9 Å². The van der Waals surface area contributed by atoms with Crippen LogP contribution in [0.4, 0.5) is 18.3 Å². The van der Waals surface area contributed by atoms with Crippen LogP contribution in [0.2, 0.25) is 0 Å². The molecule has 3 aromatic rings. The van der Waals surface area contributed by atoms with E-state index in [2.05, 4.69) is 4.98 Å². The number of aliphatic hydroxyl groups is 1. The maximum Gasteiger partial charge on any atom is 0.253 e. The van der Waals surface area contributed by atoms with E-state index in [1.165, 1.54) is 30.3 Å². The van der Waals surface area contributed by atoms with Gasteiger partial charge in [0, 0.05) is 25.1 Å². The Morgan fingerprint density at radius 3 is 2.47 bits per heavy atom. The molecule has 1 amide bonds. The predicted octanol–water partition coefficient (Wildman–Crippen LogP) is 4.39. The number of hydrogen-bond acceptors (Lipinski definition) is 7. The lowest BCUT2D eigenvalue weighted by Crippen LogP contribution is -2.47. The molecule has 0 unspecified atom stereocenters. The second-order valence-electron chi connectivity index (χ2n) is 9.35. The number of benzene rings is 2. The largest absolute Gasteiger partial charge is 0.390 e. The molecule has 2 aromatic carbocycles. The number of alkyl halides is 2. The van der Waals surface area contributed by atoms with Crippen molar-refractivity contribution in [1.29, 1.82) is 0 Å². The second kappa shape index (κ2) is 9.64. The van der Waals surface area contributed by atoms with Gasteiger partial charge in [-0.2, -0.15) is 0 Å². The number of nitrogens with two attached hydrogens (primary N) is 1. The summed E-state index contributed by atoms with van der Waals surface area (Å²) in [5.41, 5.74) is 5.31. The minimum Gasteiger partial charge on any atom is -0.390 e. The van der Waals surface area contributed by atoms with Gasteiger partial charge in [-0.25, -0.2) is 26.6 Å². The molecule has 7 nitrogen and oxygen atoms in total. The van der Waals surface area contributed by atoms with Crippen LogP contribution in [0.5, 0.6) is 0 Å². The van der Waals surface area contributed by atoms with E-state index in [-0.39, 0.29) is 53.8 Å². The van der Waals surface area contributed by atoms with Gasteiger partial charge in [-0.05, 0) is 56.0 Å². The van der Waals surface area contributed by atoms with Crippen molar-refractivity contribution in [3.05, 3.63) is 53.3 Å². The fourth-order valence-corrected chi connectivity index (χ4v) is 6.65. The van der Waals surface area contributed by atoms with Crippen molar-refractivity contribution in [2.24, 2.45) is 0 Å². The number of amides is 1. The van der Waals surface area contributed by atoms with Gasteiger partial charge in [0.1, 0.15) is 11.3 Å². The highest BCUT2D eigenvalue weighted by atomic mass is 32.2. The van der Waals surface area contributed by atoms with Gasteiger partial charge in [0.25, 0.3) is 5.91 Å². The van der Waals surface area contributed by atoms with Crippen molar-refractivity contribution in [3.8, 4) is 0 Å². The quantitative estimate of drug-likeness (QED) is 0.459. The Morgan fingerprint density at radius 1 is 1.22 bits per heavy atom. The van der Waals surface area contributed by atoms with Crippen molar-refractivity contribution in [3.63, 3.8) is 0 Å². The topological polar surface area (TPSA) is 114 Å². The molecule has 0 spiro atoms. The molecule has 4 rings (SSSR count). The molecule has 1 aliphatic rings. The zero-order valence-corrected chi connectivity index (χ0v) is 21.1. The molecule has 0 saturated carbocycles. The fourth-order valence-electron chi connectivity index (χ4n) is 4.27. The van der Waals surface area contributed by atoms with Gasteiger partial charge < -0.3 is 15.7 Å². The Kier molecular flexibility index (Phi) is 7.06.